The van der Waals surface area contributed by atoms with E-state index in [1.807, 2.05) is 48.5 Å². The normalized spacial score (nSPS) is 15.1. The van der Waals surface area contributed by atoms with Crippen molar-refractivity contribution in [2.45, 2.75) is 26.0 Å². The second-order valence-corrected chi connectivity index (χ2v) is 6.84. The van der Waals surface area contributed by atoms with E-state index in [4.69, 9.17) is 26.4 Å². The van der Waals surface area contributed by atoms with Gasteiger partial charge in [0.15, 0.2) is 22.7 Å². The molecule has 0 aliphatic carbocycles. The Labute approximate surface area is 166 Å². The van der Waals surface area contributed by atoms with Gasteiger partial charge in [-0.3, -0.25) is 0 Å². The molecule has 1 heterocycles. The number of ether oxygens (including phenoxy) is 3. The number of rotatable bonds is 7. The molecular formula is C21H26N2O3S. The molecule has 1 N–H and O–H groups in total. The number of thiocarbonyl (C=S) groups is 1. The highest BCUT2D eigenvalue weighted by Crippen LogP contribution is 2.31. The van der Waals surface area contributed by atoms with Crippen LogP contribution >= 0.6 is 12.2 Å². The summed E-state index contributed by atoms with van der Waals surface area (Å²) < 4.78 is 17.1. The molecule has 0 bridgehead atoms. The molecule has 0 radical (unpaired) electrons. The summed E-state index contributed by atoms with van der Waals surface area (Å²) in [5.74, 6) is 2.45. The first-order chi connectivity index (χ1) is 13.2. The van der Waals surface area contributed by atoms with E-state index in [0.29, 0.717) is 19.7 Å². The first kappa shape index (κ1) is 19.3. The Balaban J connectivity index is 1.55. The van der Waals surface area contributed by atoms with Crippen molar-refractivity contribution >= 4 is 17.3 Å². The Morgan fingerprint density at radius 3 is 2.63 bits per heavy atom. The summed E-state index contributed by atoms with van der Waals surface area (Å²) in [6, 6.07) is 15.7. The third-order valence-corrected chi connectivity index (χ3v) is 4.78. The van der Waals surface area contributed by atoms with E-state index in [9.17, 15) is 0 Å². The number of nitrogens with zero attached hydrogens (tertiary/aromatic N) is 1. The fourth-order valence-electron chi connectivity index (χ4n) is 2.98. The molecule has 2 aromatic carbocycles. The predicted octanol–water partition coefficient (Wildman–Crippen LogP) is 3.62. The van der Waals surface area contributed by atoms with Crippen LogP contribution in [0.3, 0.4) is 0 Å². The number of para-hydroxylation sites is 2. The molecule has 1 aliphatic rings. The summed E-state index contributed by atoms with van der Waals surface area (Å²) in [6.45, 7) is 4.91. The zero-order valence-electron chi connectivity index (χ0n) is 15.8. The van der Waals surface area contributed by atoms with Gasteiger partial charge in [0.05, 0.1) is 13.7 Å². The van der Waals surface area contributed by atoms with Crippen LogP contribution in [0, 0.1) is 0 Å². The van der Waals surface area contributed by atoms with Gasteiger partial charge in [0.1, 0.15) is 12.4 Å². The molecule has 27 heavy (non-hydrogen) atoms. The molecule has 0 saturated carbocycles. The van der Waals surface area contributed by atoms with E-state index < -0.39 is 0 Å². The number of methoxy groups -OCH3 is 1. The topological polar surface area (TPSA) is 43.0 Å². The zero-order valence-corrected chi connectivity index (χ0v) is 16.6. The van der Waals surface area contributed by atoms with Gasteiger partial charge in [-0.25, -0.2) is 0 Å². The predicted molar refractivity (Wildman–Crippen MR) is 111 cm³/mol. The molecule has 0 fully saturated rings. The van der Waals surface area contributed by atoms with Gasteiger partial charge < -0.3 is 24.4 Å². The minimum absolute atomic E-state index is 0.0489. The molecule has 0 aromatic heterocycles. The van der Waals surface area contributed by atoms with E-state index >= 15 is 0 Å². The Morgan fingerprint density at radius 2 is 1.93 bits per heavy atom. The summed E-state index contributed by atoms with van der Waals surface area (Å²) in [5, 5.41) is 4.08. The van der Waals surface area contributed by atoms with Crippen LogP contribution in [-0.4, -0.2) is 42.9 Å². The van der Waals surface area contributed by atoms with E-state index in [2.05, 4.69) is 17.1 Å². The molecule has 0 unspecified atom stereocenters. The number of hydrogen-bond acceptors (Lipinski definition) is 4. The van der Waals surface area contributed by atoms with Gasteiger partial charge >= 0.3 is 0 Å². The summed E-state index contributed by atoms with van der Waals surface area (Å²) in [6.07, 6.45) is 0.960. The standard InChI is InChI=1S/C21H26N2O3S/c1-3-12-23(14-18-15-25-19-6-4-5-7-20(19)26-18)21(27)22-13-16-8-10-17(24-2)11-9-16/h4-11,18H,3,12-15H2,1-2H3,(H,22,27)/t18-/m1/s1. The maximum absolute atomic E-state index is 6.08. The van der Waals surface area contributed by atoms with Crippen LogP contribution in [0.15, 0.2) is 48.5 Å². The van der Waals surface area contributed by atoms with Gasteiger partial charge in [-0.05, 0) is 48.5 Å². The lowest BCUT2D eigenvalue weighted by Gasteiger charge is -2.32. The van der Waals surface area contributed by atoms with Gasteiger partial charge in [-0.15, -0.1) is 0 Å². The minimum atomic E-state index is -0.0489. The van der Waals surface area contributed by atoms with Gasteiger partial charge in [-0.1, -0.05) is 31.2 Å². The maximum atomic E-state index is 6.08. The Bertz CT molecular complexity index is 751. The maximum Gasteiger partial charge on any atom is 0.169 e. The summed E-state index contributed by atoms with van der Waals surface area (Å²) in [7, 11) is 1.67. The molecule has 1 aliphatic heterocycles. The molecule has 6 heteroatoms. The van der Waals surface area contributed by atoms with Gasteiger partial charge in [0, 0.05) is 13.1 Å². The summed E-state index contributed by atoms with van der Waals surface area (Å²) in [4.78, 5) is 2.15. The van der Waals surface area contributed by atoms with Crippen LogP contribution in [0.5, 0.6) is 17.2 Å². The molecular weight excluding hydrogens is 360 g/mol. The van der Waals surface area contributed by atoms with Crippen molar-refractivity contribution in [1.29, 1.82) is 0 Å². The van der Waals surface area contributed by atoms with Crippen molar-refractivity contribution in [3.8, 4) is 17.2 Å². The fraction of sp³-hybridized carbons (Fsp3) is 0.381. The fourth-order valence-corrected chi connectivity index (χ4v) is 3.22. The molecule has 3 rings (SSSR count). The van der Waals surface area contributed by atoms with Crippen molar-refractivity contribution in [3.63, 3.8) is 0 Å². The number of nitrogens with one attached hydrogen (secondary N) is 1. The van der Waals surface area contributed by atoms with E-state index in [-0.39, 0.29) is 6.10 Å². The lowest BCUT2D eigenvalue weighted by molar-refractivity contribution is 0.0740. The van der Waals surface area contributed by atoms with E-state index in [1.165, 1.54) is 0 Å². The van der Waals surface area contributed by atoms with Crippen molar-refractivity contribution in [1.82, 2.24) is 10.2 Å². The van der Waals surface area contributed by atoms with Crippen LogP contribution in [-0.2, 0) is 6.54 Å². The van der Waals surface area contributed by atoms with E-state index in [1.54, 1.807) is 7.11 Å². The first-order valence-electron chi connectivity index (χ1n) is 9.23. The number of hydrogen-bond donors (Lipinski definition) is 1. The summed E-state index contributed by atoms with van der Waals surface area (Å²) in [5.41, 5.74) is 1.15. The average Bonchev–Trinajstić information content (AvgIpc) is 2.72. The largest absolute Gasteiger partial charge is 0.497 e. The molecule has 5 nitrogen and oxygen atoms in total. The van der Waals surface area contributed by atoms with Crippen LogP contribution in [0.1, 0.15) is 18.9 Å². The molecule has 2 aromatic rings. The van der Waals surface area contributed by atoms with Crippen molar-refractivity contribution < 1.29 is 14.2 Å². The third-order valence-electron chi connectivity index (χ3n) is 4.38. The Hall–Kier alpha value is -2.47. The third kappa shape index (κ3) is 5.26. The van der Waals surface area contributed by atoms with Crippen LogP contribution in [0.25, 0.3) is 0 Å². The lowest BCUT2D eigenvalue weighted by Crippen LogP contribution is -2.47. The Morgan fingerprint density at radius 1 is 1.19 bits per heavy atom. The lowest BCUT2D eigenvalue weighted by atomic mass is 10.2. The second kappa shape index (κ2) is 9.46. The first-order valence-corrected chi connectivity index (χ1v) is 9.64. The number of fused-ring (bicyclic) bond motifs is 1. The molecule has 1 atom stereocenters. The zero-order chi connectivity index (χ0) is 19.1. The van der Waals surface area contributed by atoms with Crippen LogP contribution < -0.4 is 19.5 Å². The van der Waals surface area contributed by atoms with Crippen LogP contribution in [0.4, 0.5) is 0 Å². The molecule has 0 amide bonds. The SMILES string of the molecule is CCCN(C[C@@H]1COc2ccccc2O1)C(=S)NCc1ccc(OC)cc1. The van der Waals surface area contributed by atoms with Crippen molar-refractivity contribution in [2.24, 2.45) is 0 Å². The summed E-state index contributed by atoms with van der Waals surface area (Å²) >= 11 is 5.63. The minimum Gasteiger partial charge on any atom is -0.497 e. The second-order valence-electron chi connectivity index (χ2n) is 6.45. The van der Waals surface area contributed by atoms with Crippen molar-refractivity contribution in [3.05, 3.63) is 54.1 Å². The molecule has 144 valence electrons. The van der Waals surface area contributed by atoms with Crippen LogP contribution in [0.2, 0.25) is 0 Å². The van der Waals surface area contributed by atoms with Gasteiger partial charge in [0.2, 0.25) is 0 Å². The highest BCUT2D eigenvalue weighted by atomic mass is 32.1. The Kier molecular flexibility index (Phi) is 6.76. The van der Waals surface area contributed by atoms with Gasteiger partial charge in [0.25, 0.3) is 0 Å². The van der Waals surface area contributed by atoms with E-state index in [0.717, 1.165) is 40.9 Å². The monoisotopic (exact) mass is 386 g/mol. The van der Waals surface area contributed by atoms with Gasteiger partial charge in [-0.2, -0.15) is 0 Å². The average molecular weight is 387 g/mol. The quantitative estimate of drug-likeness (QED) is 0.733. The molecule has 0 spiro atoms. The van der Waals surface area contributed by atoms with Crippen molar-refractivity contribution in [2.75, 3.05) is 26.8 Å². The smallest absolute Gasteiger partial charge is 0.169 e. The highest BCUT2D eigenvalue weighted by molar-refractivity contribution is 7.80. The number of benzene rings is 2. The highest BCUT2D eigenvalue weighted by Gasteiger charge is 2.23. The molecule has 0 saturated heterocycles.